The van der Waals surface area contributed by atoms with Crippen LogP contribution in [0.5, 0.6) is 0 Å². The molecule has 3 rings (SSSR count). The van der Waals surface area contributed by atoms with Crippen molar-refractivity contribution in [3.05, 3.63) is 28.8 Å². The van der Waals surface area contributed by atoms with Crippen LogP contribution in [0.3, 0.4) is 0 Å². The maximum atomic E-state index is 13.3. The van der Waals surface area contributed by atoms with Crippen LogP contribution in [0, 0.1) is 5.92 Å². The van der Waals surface area contributed by atoms with Gasteiger partial charge in [-0.05, 0) is 44.4 Å². The Morgan fingerprint density at radius 2 is 1.97 bits per heavy atom. The number of esters is 1. The van der Waals surface area contributed by atoms with Gasteiger partial charge in [-0.1, -0.05) is 11.6 Å². The molecule has 0 spiro atoms. The Morgan fingerprint density at radius 1 is 1.24 bits per heavy atom. The van der Waals surface area contributed by atoms with Crippen LogP contribution in [0.25, 0.3) is 0 Å². The Bertz CT molecular complexity index is 914. The molecule has 2 amide bonds. The van der Waals surface area contributed by atoms with E-state index < -0.39 is 47.7 Å². The number of hydrogen-bond donors (Lipinski definition) is 2. The minimum absolute atomic E-state index is 0.0489. The van der Waals surface area contributed by atoms with Gasteiger partial charge in [0, 0.05) is 30.3 Å². The van der Waals surface area contributed by atoms with E-state index in [1.807, 2.05) is 0 Å². The maximum absolute atomic E-state index is 13.3. The molecule has 8 nitrogen and oxygen atoms in total. The number of nitrogens with one attached hydrogen (secondary N) is 1. The Kier molecular flexibility index (Phi) is 7.61. The Balaban J connectivity index is 1.82. The fraction of sp³-hybridized carbons (Fsp3) is 0.571. The minimum Gasteiger partial charge on any atom is -0.466 e. The van der Waals surface area contributed by atoms with Crippen molar-refractivity contribution in [1.29, 1.82) is 0 Å². The third kappa shape index (κ3) is 5.82. The second kappa shape index (κ2) is 10.1. The molecule has 0 aliphatic carbocycles. The minimum atomic E-state index is -4.60. The van der Waals surface area contributed by atoms with Crippen LogP contribution in [-0.2, 0) is 20.5 Å². The summed E-state index contributed by atoms with van der Waals surface area (Å²) in [5.41, 5.74) is -0.892. The Hall–Kier alpha value is -2.69. The molecule has 0 saturated carbocycles. The van der Waals surface area contributed by atoms with Crippen LogP contribution >= 0.6 is 11.6 Å². The van der Waals surface area contributed by atoms with E-state index in [2.05, 4.69) is 5.32 Å². The molecule has 2 aliphatic rings. The number of anilines is 1. The van der Waals surface area contributed by atoms with Crippen molar-refractivity contribution in [2.24, 2.45) is 5.92 Å². The fourth-order valence-electron chi connectivity index (χ4n) is 4.35. The number of alkyl halides is 3. The molecule has 0 aromatic heterocycles. The molecule has 2 fully saturated rings. The smallest absolute Gasteiger partial charge is 0.416 e. The van der Waals surface area contributed by atoms with Gasteiger partial charge in [0.2, 0.25) is 5.91 Å². The van der Waals surface area contributed by atoms with E-state index in [0.717, 1.165) is 17.0 Å². The molecule has 2 aliphatic heterocycles. The molecule has 182 valence electrons. The normalized spacial score (nSPS) is 23.9. The molecule has 2 N–H and O–H groups in total. The first-order valence-electron chi connectivity index (χ1n) is 10.6. The molecular weight excluding hydrogens is 467 g/mol. The van der Waals surface area contributed by atoms with Crippen LogP contribution in [-0.4, -0.2) is 71.2 Å². The lowest BCUT2D eigenvalue weighted by atomic mass is 9.88. The number of halogens is 4. The van der Waals surface area contributed by atoms with E-state index in [1.165, 1.54) is 11.0 Å². The molecular formula is C21H25ClF3N3O5. The van der Waals surface area contributed by atoms with E-state index in [1.54, 1.807) is 6.92 Å². The summed E-state index contributed by atoms with van der Waals surface area (Å²) >= 11 is 5.84. The molecule has 1 aromatic rings. The number of carbonyl (C=O) groups excluding carboxylic acids is 2. The zero-order valence-corrected chi connectivity index (χ0v) is 18.7. The van der Waals surface area contributed by atoms with Crippen LogP contribution in [0.4, 0.5) is 23.7 Å². The monoisotopic (exact) mass is 491 g/mol. The summed E-state index contributed by atoms with van der Waals surface area (Å²) < 4.78 is 44.5. The Morgan fingerprint density at radius 3 is 2.61 bits per heavy atom. The van der Waals surface area contributed by atoms with E-state index in [-0.39, 0.29) is 36.8 Å². The van der Waals surface area contributed by atoms with Gasteiger partial charge in [-0.15, -0.1) is 0 Å². The third-order valence-corrected chi connectivity index (χ3v) is 6.10. The molecule has 0 radical (unpaired) electrons. The molecule has 3 atom stereocenters. The number of benzene rings is 1. The quantitative estimate of drug-likeness (QED) is 0.609. The number of piperidine rings is 2. The van der Waals surface area contributed by atoms with E-state index >= 15 is 0 Å². The number of hydrogen-bond acceptors (Lipinski definition) is 5. The van der Waals surface area contributed by atoms with Crippen molar-refractivity contribution in [2.75, 3.05) is 31.6 Å². The van der Waals surface area contributed by atoms with Crippen LogP contribution in [0.2, 0.25) is 5.02 Å². The van der Waals surface area contributed by atoms with Crippen molar-refractivity contribution in [2.45, 2.75) is 44.4 Å². The summed E-state index contributed by atoms with van der Waals surface area (Å²) in [5.74, 6) is -1.60. The van der Waals surface area contributed by atoms with Crippen molar-refractivity contribution >= 4 is 35.3 Å². The number of likely N-dealkylation sites (tertiary alicyclic amines) is 2. The topological polar surface area (TPSA) is 99.2 Å². The second-order valence-corrected chi connectivity index (χ2v) is 8.48. The standard InChI is InChI=1S/C21H25ClF3N3O5/c1-2-33-19(30)15-5-7-27(20(31)32)11-17(15)28-6-3-4-16(18(28)29)26-14-9-12(21(23,24)25)8-13(22)10-14/h8-10,15-17,26H,2-7,11H2,1H3,(H,31,32). The van der Waals surface area contributed by atoms with Gasteiger partial charge in [-0.25, -0.2) is 4.79 Å². The van der Waals surface area contributed by atoms with Gasteiger partial charge in [0.1, 0.15) is 6.04 Å². The van der Waals surface area contributed by atoms with E-state index in [0.29, 0.717) is 19.4 Å². The zero-order valence-electron chi connectivity index (χ0n) is 17.9. The van der Waals surface area contributed by atoms with E-state index in [9.17, 15) is 32.7 Å². The van der Waals surface area contributed by atoms with Crippen molar-refractivity contribution in [1.82, 2.24) is 9.80 Å². The average Bonchev–Trinajstić information content (AvgIpc) is 2.74. The highest BCUT2D eigenvalue weighted by atomic mass is 35.5. The Labute approximate surface area is 193 Å². The first-order valence-corrected chi connectivity index (χ1v) is 11.0. The maximum Gasteiger partial charge on any atom is 0.416 e. The van der Waals surface area contributed by atoms with Gasteiger partial charge in [-0.2, -0.15) is 13.2 Å². The number of carboxylic acid groups (broad SMARTS) is 1. The van der Waals surface area contributed by atoms with Gasteiger partial charge in [0.05, 0.1) is 24.1 Å². The number of amides is 2. The highest BCUT2D eigenvalue weighted by Crippen LogP contribution is 2.34. The summed E-state index contributed by atoms with van der Waals surface area (Å²) in [6.45, 7) is 2.20. The highest BCUT2D eigenvalue weighted by molar-refractivity contribution is 6.31. The van der Waals surface area contributed by atoms with Gasteiger partial charge in [0.25, 0.3) is 0 Å². The summed E-state index contributed by atoms with van der Waals surface area (Å²) in [4.78, 5) is 39.9. The average molecular weight is 492 g/mol. The molecule has 33 heavy (non-hydrogen) atoms. The van der Waals surface area contributed by atoms with Crippen molar-refractivity contribution < 1.29 is 37.4 Å². The van der Waals surface area contributed by atoms with Gasteiger partial charge < -0.3 is 25.0 Å². The van der Waals surface area contributed by atoms with Gasteiger partial charge in [0.15, 0.2) is 0 Å². The lowest BCUT2D eigenvalue weighted by molar-refractivity contribution is -0.156. The predicted molar refractivity (Wildman–Crippen MR) is 113 cm³/mol. The van der Waals surface area contributed by atoms with Crippen LogP contribution in [0.15, 0.2) is 18.2 Å². The number of carbonyl (C=O) groups is 3. The summed E-state index contributed by atoms with van der Waals surface area (Å²) in [6, 6.07) is 1.41. The molecule has 2 heterocycles. The number of ether oxygens (including phenoxy) is 1. The lowest BCUT2D eigenvalue weighted by Gasteiger charge is -2.45. The molecule has 12 heteroatoms. The molecule has 0 bridgehead atoms. The summed E-state index contributed by atoms with van der Waals surface area (Å²) in [6.07, 6.45) is -4.65. The lowest BCUT2D eigenvalue weighted by Crippen LogP contribution is -2.61. The first-order chi connectivity index (χ1) is 15.5. The number of nitrogens with zero attached hydrogens (tertiary/aromatic N) is 2. The third-order valence-electron chi connectivity index (χ3n) is 5.88. The second-order valence-electron chi connectivity index (χ2n) is 8.04. The van der Waals surface area contributed by atoms with E-state index in [4.69, 9.17) is 16.3 Å². The van der Waals surface area contributed by atoms with Crippen molar-refractivity contribution in [3.63, 3.8) is 0 Å². The molecule has 3 unspecified atom stereocenters. The van der Waals surface area contributed by atoms with Crippen molar-refractivity contribution in [3.8, 4) is 0 Å². The first kappa shape index (κ1) is 24.9. The van der Waals surface area contributed by atoms with Gasteiger partial charge >= 0.3 is 18.2 Å². The summed E-state index contributed by atoms with van der Waals surface area (Å²) in [7, 11) is 0. The summed E-state index contributed by atoms with van der Waals surface area (Å²) in [5, 5.41) is 12.1. The van der Waals surface area contributed by atoms with Crippen LogP contribution in [0.1, 0.15) is 31.7 Å². The molecule has 2 saturated heterocycles. The largest absolute Gasteiger partial charge is 0.466 e. The molecule has 1 aromatic carbocycles. The highest BCUT2D eigenvalue weighted by Gasteiger charge is 2.44. The SMILES string of the molecule is CCOC(=O)C1CCN(C(=O)O)CC1N1CCCC(Nc2cc(Cl)cc(C(F)(F)F)c2)C1=O. The predicted octanol–water partition coefficient (Wildman–Crippen LogP) is 3.69. The van der Waals surface area contributed by atoms with Crippen LogP contribution < -0.4 is 5.32 Å². The van der Waals surface area contributed by atoms with Gasteiger partial charge in [-0.3, -0.25) is 9.59 Å². The number of rotatable bonds is 5. The fourth-order valence-corrected chi connectivity index (χ4v) is 4.58. The zero-order chi connectivity index (χ0) is 24.3.